The number of Topliss-reactive ketones (excluding diaryl/α,β-unsaturated/α-hetero) is 1. The van der Waals surface area contributed by atoms with Crippen molar-refractivity contribution in [1.29, 1.82) is 0 Å². The number of carbonyl (C=O) groups excluding carboxylic acids is 2. The van der Waals surface area contributed by atoms with Crippen LogP contribution < -0.4 is 4.90 Å². The molecule has 0 radical (unpaired) electrons. The van der Waals surface area contributed by atoms with Crippen molar-refractivity contribution in [1.82, 2.24) is 4.98 Å². The molecule has 0 saturated carbocycles. The second-order valence-corrected chi connectivity index (χ2v) is 7.71. The number of carbonyl (C=O) groups is 2. The quantitative estimate of drug-likeness (QED) is 0.355. The number of nitrogens with zero attached hydrogens (tertiary/aromatic N) is 2. The van der Waals surface area contributed by atoms with Crippen molar-refractivity contribution in [3.63, 3.8) is 0 Å². The van der Waals surface area contributed by atoms with Crippen LogP contribution in [-0.4, -0.2) is 21.8 Å². The van der Waals surface area contributed by atoms with E-state index in [2.05, 4.69) is 20.9 Å². The van der Waals surface area contributed by atoms with Gasteiger partial charge in [-0.1, -0.05) is 45.8 Å². The smallest absolute Gasteiger partial charge is 0.300 e. The molecule has 1 aromatic heterocycles. The van der Waals surface area contributed by atoms with Gasteiger partial charge in [0.25, 0.3) is 11.7 Å². The number of aliphatic hydroxyl groups excluding tert-OH is 1. The highest BCUT2D eigenvalue weighted by molar-refractivity contribution is 9.10. The number of aromatic nitrogens is 1. The molecule has 3 aromatic rings. The fourth-order valence-corrected chi connectivity index (χ4v) is 3.69. The summed E-state index contributed by atoms with van der Waals surface area (Å²) in [4.78, 5) is 31.4. The Labute approximate surface area is 176 Å². The van der Waals surface area contributed by atoms with E-state index < -0.39 is 17.7 Å². The normalized spacial score (nSPS) is 18.3. The number of rotatable bonds is 3. The Morgan fingerprint density at radius 3 is 2.21 bits per heavy atom. The lowest BCUT2D eigenvalue weighted by molar-refractivity contribution is -0.132. The molecule has 29 heavy (non-hydrogen) atoms. The van der Waals surface area contributed by atoms with Crippen molar-refractivity contribution in [2.24, 2.45) is 0 Å². The molecular weight excluding hydrogens is 432 g/mol. The van der Waals surface area contributed by atoms with Crippen LogP contribution in [0.5, 0.6) is 0 Å². The number of amides is 1. The third-order valence-electron chi connectivity index (χ3n) is 4.90. The molecule has 0 bridgehead atoms. The van der Waals surface area contributed by atoms with E-state index in [-0.39, 0.29) is 11.3 Å². The van der Waals surface area contributed by atoms with E-state index >= 15 is 0 Å². The van der Waals surface area contributed by atoms with Crippen LogP contribution in [0.1, 0.15) is 22.7 Å². The number of aliphatic hydroxyl groups is 1. The number of benzene rings is 2. The van der Waals surface area contributed by atoms with Gasteiger partial charge in [-0.05, 0) is 48.9 Å². The number of hydrogen-bond donors (Lipinski definition) is 1. The number of anilines is 1. The second-order valence-electron chi connectivity index (χ2n) is 6.79. The minimum Gasteiger partial charge on any atom is -0.507 e. The van der Waals surface area contributed by atoms with Gasteiger partial charge in [0.05, 0.1) is 11.6 Å². The Morgan fingerprint density at radius 2 is 1.59 bits per heavy atom. The van der Waals surface area contributed by atoms with E-state index in [1.807, 2.05) is 19.1 Å². The van der Waals surface area contributed by atoms with Gasteiger partial charge in [0.15, 0.2) is 0 Å². The van der Waals surface area contributed by atoms with Crippen LogP contribution >= 0.6 is 15.9 Å². The molecule has 2 aromatic carbocycles. The van der Waals surface area contributed by atoms with Gasteiger partial charge >= 0.3 is 0 Å². The van der Waals surface area contributed by atoms with Crippen LogP contribution in [0, 0.1) is 6.92 Å². The van der Waals surface area contributed by atoms with E-state index in [4.69, 9.17) is 0 Å². The number of aryl methyl sites for hydroxylation is 1. The third kappa shape index (κ3) is 3.47. The van der Waals surface area contributed by atoms with Gasteiger partial charge in [0.2, 0.25) is 0 Å². The molecule has 144 valence electrons. The molecule has 1 amide bonds. The van der Waals surface area contributed by atoms with E-state index in [1.165, 1.54) is 4.90 Å². The molecule has 1 fully saturated rings. The lowest BCUT2D eigenvalue weighted by Gasteiger charge is -2.25. The van der Waals surface area contributed by atoms with Crippen LogP contribution in [0.25, 0.3) is 5.76 Å². The van der Waals surface area contributed by atoms with Crippen LogP contribution in [0.15, 0.2) is 83.1 Å². The fraction of sp³-hybridized carbons (Fsp3) is 0.0870. The van der Waals surface area contributed by atoms with E-state index in [9.17, 15) is 14.7 Å². The Hall–Kier alpha value is -3.25. The molecule has 0 spiro atoms. The predicted molar refractivity (Wildman–Crippen MR) is 114 cm³/mol. The molecule has 1 atom stereocenters. The summed E-state index contributed by atoms with van der Waals surface area (Å²) in [5, 5.41) is 11.0. The summed E-state index contributed by atoms with van der Waals surface area (Å²) in [6.45, 7) is 1.94. The molecule has 1 saturated heterocycles. The average Bonchev–Trinajstić information content (AvgIpc) is 3.00. The van der Waals surface area contributed by atoms with Gasteiger partial charge in [-0.25, -0.2) is 0 Å². The molecule has 4 rings (SSSR count). The van der Waals surface area contributed by atoms with Crippen LogP contribution in [-0.2, 0) is 9.59 Å². The summed E-state index contributed by atoms with van der Waals surface area (Å²) < 4.78 is 0.859. The van der Waals surface area contributed by atoms with Crippen molar-refractivity contribution < 1.29 is 14.7 Å². The van der Waals surface area contributed by atoms with Gasteiger partial charge in [-0.2, -0.15) is 0 Å². The number of ketones is 1. The molecule has 1 aliphatic rings. The standard InChI is InChI=1S/C23H17BrN2O3/c1-14-2-4-16(5-3-14)21(27)19-20(15-10-12-25-13-11-15)26(23(29)22(19)28)18-8-6-17(24)7-9-18/h2-13,20,27H,1H3/b21-19-. The maximum atomic E-state index is 13.0. The van der Waals surface area contributed by atoms with Crippen LogP contribution in [0.3, 0.4) is 0 Å². The molecule has 1 aliphatic heterocycles. The second kappa shape index (κ2) is 7.64. The summed E-state index contributed by atoms with van der Waals surface area (Å²) in [5.74, 6) is -1.58. The molecular formula is C23H17BrN2O3. The highest BCUT2D eigenvalue weighted by atomic mass is 79.9. The summed E-state index contributed by atoms with van der Waals surface area (Å²) in [7, 11) is 0. The fourth-order valence-electron chi connectivity index (χ4n) is 3.43. The average molecular weight is 449 g/mol. The van der Waals surface area contributed by atoms with Crippen LogP contribution in [0.2, 0.25) is 0 Å². The first-order chi connectivity index (χ1) is 14.0. The SMILES string of the molecule is Cc1ccc(/C(O)=C2/C(=O)C(=O)N(c3ccc(Br)cc3)C2c2ccncc2)cc1. The topological polar surface area (TPSA) is 70.5 Å². The summed E-state index contributed by atoms with van der Waals surface area (Å²) >= 11 is 3.38. The summed E-state index contributed by atoms with van der Waals surface area (Å²) in [6, 6.07) is 17.0. The predicted octanol–water partition coefficient (Wildman–Crippen LogP) is 4.78. The van der Waals surface area contributed by atoms with Crippen molar-refractivity contribution >= 4 is 39.1 Å². The van der Waals surface area contributed by atoms with Crippen LogP contribution in [0.4, 0.5) is 5.69 Å². The Kier molecular flexibility index (Phi) is 5.03. The number of pyridine rings is 1. The zero-order valence-corrected chi connectivity index (χ0v) is 17.1. The molecule has 1 unspecified atom stereocenters. The van der Waals surface area contributed by atoms with Crippen molar-refractivity contribution in [2.45, 2.75) is 13.0 Å². The zero-order chi connectivity index (χ0) is 20.5. The van der Waals surface area contributed by atoms with Gasteiger partial charge in [-0.3, -0.25) is 19.5 Å². The van der Waals surface area contributed by atoms with Gasteiger partial charge < -0.3 is 5.11 Å². The molecule has 5 nitrogen and oxygen atoms in total. The maximum absolute atomic E-state index is 13.0. The van der Waals surface area contributed by atoms with Gasteiger partial charge in [0.1, 0.15) is 5.76 Å². The molecule has 6 heteroatoms. The monoisotopic (exact) mass is 448 g/mol. The first kappa shape index (κ1) is 19.1. The number of hydrogen-bond acceptors (Lipinski definition) is 4. The van der Waals surface area contributed by atoms with Crippen molar-refractivity contribution in [3.8, 4) is 0 Å². The van der Waals surface area contributed by atoms with Gasteiger partial charge in [0, 0.05) is 28.1 Å². The van der Waals surface area contributed by atoms with Crippen molar-refractivity contribution in [3.05, 3.63) is 99.8 Å². The Bertz CT molecular complexity index is 1110. The first-order valence-electron chi connectivity index (χ1n) is 9.01. The third-order valence-corrected chi connectivity index (χ3v) is 5.42. The minimum absolute atomic E-state index is 0.0629. The highest BCUT2D eigenvalue weighted by Crippen LogP contribution is 2.42. The van der Waals surface area contributed by atoms with E-state index in [1.54, 1.807) is 60.9 Å². The van der Waals surface area contributed by atoms with E-state index in [0.29, 0.717) is 16.8 Å². The maximum Gasteiger partial charge on any atom is 0.300 e. The number of halogens is 1. The molecule has 0 aliphatic carbocycles. The lowest BCUT2D eigenvalue weighted by Crippen LogP contribution is -2.29. The zero-order valence-electron chi connectivity index (χ0n) is 15.5. The van der Waals surface area contributed by atoms with Crippen molar-refractivity contribution in [2.75, 3.05) is 4.90 Å². The summed E-state index contributed by atoms with van der Waals surface area (Å²) in [6.07, 6.45) is 3.20. The largest absolute Gasteiger partial charge is 0.507 e. The molecule has 2 heterocycles. The van der Waals surface area contributed by atoms with E-state index in [0.717, 1.165) is 10.0 Å². The molecule has 1 N–H and O–H groups in total. The highest BCUT2D eigenvalue weighted by Gasteiger charge is 2.46. The van der Waals surface area contributed by atoms with Gasteiger partial charge in [-0.15, -0.1) is 0 Å². The summed E-state index contributed by atoms with van der Waals surface area (Å²) in [5.41, 5.74) is 2.84. The Balaban J connectivity index is 1.93. The lowest BCUT2D eigenvalue weighted by atomic mass is 9.95. The Morgan fingerprint density at radius 1 is 0.966 bits per heavy atom. The first-order valence-corrected chi connectivity index (χ1v) is 9.80. The minimum atomic E-state index is -0.750.